The van der Waals surface area contributed by atoms with E-state index in [4.69, 9.17) is 5.73 Å². The molecule has 0 unspecified atom stereocenters. The number of carbonyl (C=O) groups excluding carboxylic acids is 2. The van der Waals surface area contributed by atoms with Gasteiger partial charge in [-0.1, -0.05) is 0 Å². The maximum Gasteiger partial charge on any atom is 0.305 e. The molecule has 8 heteroatoms. The number of hydrogen-bond donors (Lipinski definition) is 1. The molecule has 1 aromatic carbocycles. The summed E-state index contributed by atoms with van der Waals surface area (Å²) < 4.78 is 29.6. The minimum Gasteiger partial charge on any atom is -0.469 e. The van der Waals surface area contributed by atoms with Crippen LogP contribution in [0, 0.1) is 0 Å². The summed E-state index contributed by atoms with van der Waals surface area (Å²) in [6, 6.07) is 4.09. The summed E-state index contributed by atoms with van der Waals surface area (Å²) in [4.78, 5) is 23.0. The SMILES string of the molecule is COC(=O)CCCN1C(=O)c2cc(N)ccc2S1(=O)=O. The molecular weight excluding hydrogens is 284 g/mol. The lowest BCUT2D eigenvalue weighted by Gasteiger charge is -2.14. The minimum absolute atomic E-state index is 0.0465. The molecule has 0 saturated carbocycles. The molecular formula is C12H14N2O5S. The number of methoxy groups -OCH3 is 1. The van der Waals surface area contributed by atoms with Crippen LogP contribution >= 0.6 is 0 Å². The standard InChI is InChI=1S/C12H14N2O5S/c1-19-11(15)3-2-6-14-12(16)9-7-8(13)4-5-10(9)20(14,17)18/h4-5,7H,2-3,6,13H2,1H3. The van der Waals surface area contributed by atoms with Crippen molar-refractivity contribution < 1.29 is 22.7 Å². The van der Waals surface area contributed by atoms with Gasteiger partial charge in [-0.3, -0.25) is 9.59 Å². The van der Waals surface area contributed by atoms with Crippen molar-refractivity contribution in [2.45, 2.75) is 17.7 Å². The van der Waals surface area contributed by atoms with E-state index in [1.54, 1.807) is 0 Å². The number of hydrogen-bond acceptors (Lipinski definition) is 6. The van der Waals surface area contributed by atoms with Gasteiger partial charge in [-0.25, -0.2) is 12.7 Å². The highest BCUT2D eigenvalue weighted by atomic mass is 32.2. The number of benzene rings is 1. The van der Waals surface area contributed by atoms with Crippen LogP contribution in [-0.2, 0) is 19.6 Å². The zero-order valence-electron chi connectivity index (χ0n) is 10.8. The molecule has 2 N–H and O–H groups in total. The fourth-order valence-electron chi connectivity index (χ4n) is 1.99. The Morgan fingerprint density at radius 1 is 1.40 bits per heavy atom. The van der Waals surface area contributed by atoms with Gasteiger partial charge in [0.05, 0.1) is 12.7 Å². The zero-order chi connectivity index (χ0) is 14.9. The van der Waals surface area contributed by atoms with Crippen molar-refractivity contribution in [2.24, 2.45) is 0 Å². The molecule has 1 aliphatic heterocycles. The third-order valence-electron chi connectivity index (χ3n) is 3.00. The van der Waals surface area contributed by atoms with Gasteiger partial charge in [0.1, 0.15) is 4.90 Å². The fraction of sp³-hybridized carbons (Fsp3) is 0.333. The Bertz CT molecular complexity index is 668. The Kier molecular flexibility index (Phi) is 3.67. The summed E-state index contributed by atoms with van der Waals surface area (Å²) in [7, 11) is -2.59. The first-order valence-electron chi connectivity index (χ1n) is 5.91. The normalized spacial score (nSPS) is 16.1. The van der Waals surface area contributed by atoms with E-state index in [0.717, 1.165) is 4.31 Å². The first-order valence-corrected chi connectivity index (χ1v) is 7.35. The molecule has 1 aromatic rings. The summed E-state index contributed by atoms with van der Waals surface area (Å²) in [6.45, 7) is -0.0646. The second kappa shape index (κ2) is 5.12. The van der Waals surface area contributed by atoms with Gasteiger partial charge in [-0.15, -0.1) is 0 Å². The number of sulfonamides is 1. The first kappa shape index (κ1) is 14.3. The lowest BCUT2D eigenvalue weighted by molar-refractivity contribution is -0.140. The summed E-state index contributed by atoms with van der Waals surface area (Å²) in [5, 5.41) is 0. The van der Waals surface area contributed by atoms with Crippen molar-refractivity contribution in [1.29, 1.82) is 0 Å². The van der Waals surface area contributed by atoms with E-state index >= 15 is 0 Å². The highest BCUT2D eigenvalue weighted by Gasteiger charge is 2.40. The summed E-state index contributed by atoms with van der Waals surface area (Å²) >= 11 is 0. The molecule has 0 spiro atoms. The van der Waals surface area contributed by atoms with E-state index in [2.05, 4.69) is 4.74 Å². The minimum atomic E-state index is -3.84. The quantitative estimate of drug-likeness (QED) is 0.635. The van der Waals surface area contributed by atoms with Gasteiger partial charge >= 0.3 is 5.97 Å². The van der Waals surface area contributed by atoms with Crippen LogP contribution in [0.2, 0.25) is 0 Å². The second-order valence-electron chi connectivity index (χ2n) is 4.32. The molecule has 20 heavy (non-hydrogen) atoms. The predicted molar refractivity (Wildman–Crippen MR) is 70.3 cm³/mol. The second-order valence-corrected chi connectivity index (χ2v) is 6.15. The lowest BCUT2D eigenvalue weighted by Crippen LogP contribution is -2.31. The highest BCUT2D eigenvalue weighted by Crippen LogP contribution is 2.31. The van der Waals surface area contributed by atoms with Crippen molar-refractivity contribution in [2.75, 3.05) is 19.4 Å². The van der Waals surface area contributed by atoms with Gasteiger partial charge in [0.25, 0.3) is 15.9 Å². The van der Waals surface area contributed by atoms with Crippen LogP contribution in [0.25, 0.3) is 0 Å². The Morgan fingerprint density at radius 3 is 2.75 bits per heavy atom. The maximum absolute atomic E-state index is 12.2. The average molecular weight is 298 g/mol. The molecule has 0 saturated heterocycles. The van der Waals surface area contributed by atoms with E-state index in [0.29, 0.717) is 5.69 Å². The van der Waals surface area contributed by atoms with Gasteiger partial charge < -0.3 is 10.5 Å². The van der Waals surface area contributed by atoms with E-state index in [1.165, 1.54) is 25.3 Å². The molecule has 0 fully saturated rings. The van der Waals surface area contributed by atoms with Crippen LogP contribution in [0.1, 0.15) is 23.2 Å². The Balaban J connectivity index is 2.21. The average Bonchev–Trinajstić information content (AvgIpc) is 2.58. The van der Waals surface area contributed by atoms with Crippen molar-refractivity contribution in [1.82, 2.24) is 4.31 Å². The number of rotatable bonds is 4. The van der Waals surface area contributed by atoms with E-state index in [9.17, 15) is 18.0 Å². The molecule has 7 nitrogen and oxygen atoms in total. The van der Waals surface area contributed by atoms with Gasteiger partial charge in [0.15, 0.2) is 0 Å². The zero-order valence-corrected chi connectivity index (χ0v) is 11.6. The molecule has 1 amide bonds. The monoisotopic (exact) mass is 298 g/mol. The van der Waals surface area contributed by atoms with Crippen LogP contribution in [0.3, 0.4) is 0 Å². The number of ether oxygens (including phenoxy) is 1. The van der Waals surface area contributed by atoms with Gasteiger partial charge in [0, 0.05) is 18.7 Å². The number of amides is 1. The van der Waals surface area contributed by atoms with Gasteiger partial charge in [-0.05, 0) is 24.6 Å². The molecule has 108 valence electrons. The smallest absolute Gasteiger partial charge is 0.305 e. The number of nitrogens with two attached hydrogens (primary N) is 1. The van der Waals surface area contributed by atoms with Crippen molar-refractivity contribution in [3.63, 3.8) is 0 Å². The lowest BCUT2D eigenvalue weighted by atomic mass is 10.2. The van der Waals surface area contributed by atoms with Crippen LogP contribution in [-0.4, -0.2) is 38.3 Å². The molecule has 0 radical (unpaired) electrons. The van der Waals surface area contributed by atoms with Crippen LogP contribution in [0.5, 0.6) is 0 Å². The van der Waals surface area contributed by atoms with Gasteiger partial charge in [0.2, 0.25) is 0 Å². The van der Waals surface area contributed by atoms with Crippen LogP contribution < -0.4 is 5.73 Å². The van der Waals surface area contributed by atoms with Crippen molar-refractivity contribution in [3.05, 3.63) is 23.8 Å². The third kappa shape index (κ3) is 2.34. The molecule has 0 bridgehead atoms. The maximum atomic E-state index is 12.2. The summed E-state index contributed by atoms with van der Waals surface area (Å²) in [6.07, 6.45) is 0.259. The third-order valence-corrected chi connectivity index (χ3v) is 4.84. The van der Waals surface area contributed by atoms with E-state index in [-0.39, 0.29) is 29.8 Å². The molecule has 0 aliphatic carbocycles. The first-order chi connectivity index (χ1) is 9.37. The summed E-state index contributed by atoms with van der Waals surface area (Å²) in [5.74, 6) is -1.06. The van der Waals surface area contributed by atoms with E-state index in [1.807, 2.05) is 0 Å². The summed E-state index contributed by atoms with van der Waals surface area (Å²) in [5.41, 5.74) is 5.95. The molecule has 1 heterocycles. The molecule has 2 rings (SSSR count). The van der Waals surface area contributed by atoms with Crippen LogP contribution in [0.4, 0.5) is 5.69 Å². The Hall–Kier alpha value is -2.09. The van der Waals surface area contributed by atoms with Crippen molar-refractivity contribution >= 4 is 27.6 Å². The van der Waals surface area contributed by atoms with Gasteiger partial charge in [-0.2, -0.15) is 0 Å². The number of fused-ring (bicyclic) bond motifs is 1. The number of nitrogen functional groups attached to an aromatic ring is 1. The highest BCUT2D eigenvalue weighted by molar-refractivity contribution is 7.90. The number of esters is 1. The number of carbonyl (C=O) groups is 2. The topological polar surface area (TPSA) is 107 Å². The largest absolute Gasteiger partial charge is 0.469 e. The molecule has 0 aromatic heterocycles. The Morgan fingerprint density at radius 2 is 2.10 bits per heavy atom. The number of nitrogens with zero attached hydrogens (tertiary/aromatic N) is 1. The predicted octanol–water partition coefficient (Wildman–Crippen LogP) is 0.366. The van der Waals surface area contributed by atoms with E-state index < -0.39 is 21.9 Å². The molecule has 1 aliphatic rings. The Labute approximate surface area is 116 Å². The van der Waals surface area contributed by atoms with Crippen LogP contribution in [0.15, 0.2) is 23.1 Å². The number of anilines is 1. The fourth-order valence-corrected chi connectivity index (χ4v) is 3.58. The van der Waals surface area contributed by atoms with Crippen molar-refractivity contribution in [3.8, 4) is 0 Å². The molecule has 0 atom stereocenters.